The van der Waals surface area contributed by atoms with Gasteiger partial charge in [0.15, 0.2) is 5.76 Å². The maximum absolute atomic E-state index is 13.2. The van der Waals surface area contributed by atoms with Gasteiger partial charge in [0.2, 0.25) is 11.8 Å². The summed E-state index contributed by atoms with van der Waals surface area (Å²) in [6, 6.07) is 6.80. The first-order valence-corrected chi connectivity index (χ1v) is 12.5. The summed E-state index contributed by atoms with van der Waals surface area (Å²) in [7, 11) is -3.48. The summed E-state index contributed by atoms with van der Waals surface area (Å²) in [4.78, 5) is 14.9. The van der Waals surface area contributed by atoms with Crippen molar-refractivity contribution in [2.75, 3.05) is 19.6 Å². The lowest BCUT2D eigenvalue weighted by molar-refractivity contribution is -0.137. The molecule has 0 aliphatic carbocycles. The summed E-state index contributed by atoms with van der Waals surface area (Å²) in [6.45, 7) is 3.44. The molecular weight excluding hydrogens is 440 g/mol. The van der Waals surface area contributed by atoms with E-state index in [0.717, 1.165) is 6.42 Å². The molecule has 1 aliphatic heterocycles. The summed E-state index contributed by atoms with van der Waals surface area (Å²) in [6.07, 6.45) is 3.30. The van der Waals surface area contributed by atoms with Crippen LogP contribution in [0.25, 0.3) is 11.7 Å². The first kappa shape index (κ1) is 21.7. The van der Waals surface area contributed by atoms with Gasteiger partial charge < -0.3 is 13.7 Å². The van der Waals surface area contributed by atoms with Gasteiger partial charge in [-0.2, -0.15) is 4.31 Å². The standard InChI is InChI=1S/C20H24N4O5S2/c1-2-9-23(14-17-21-22-19(29-17)16-5-3-12-28-16)20(25)15-7-10-24(11-8-15)31(26,27)18-6-4-13-30-18/h3-6,12-13,15H,2,7-11,14H2,1H3. The number of aromatic nitrogens is 2. The number of furan rings is 1. The van der Waals surface area contributed by atoms with Crippen LogP contribution >= 0.6 is 11.3 Å². The van der Waals surface area contributed by atoms with Gasteiger partial charge in [-0.1, -0.05) is 13.0 Å². The first-order chi connectivity index (χ1) is 15.0. The minimum Gasteiger partial charge on any atom is -0.459 e. The molecule has 1 saturated heterocycles. The lowest BCUT2D eigenvalue weighted by atomic mass is 9.96. The van der Waals surface area contributed by atoms with Crippen molar-refractivity contribution in [3.8, 4) is 11.7 Å². The second kappa shape index (κ2) is 9.33. The number of rotatable bonds is 8. The molecule has 1 fully saturated rings. The van der Waals surface area contributed by atoms with Crippen molar-refractivity contribution in [2.24, 2.45) is 5.92 Å². The average Bonchev–Trinajstić information content (AvgIpc) is 3.55. The van der Waals surface area contributed by atoms with Crippen molar-refractivity contribution in [1.82, 2.24) is 19.4 Å². The number of carbonyl (C=O) groups is 1. The first-order valence-electron chi connectivity index (χ1n) is 10.2. The molecule has 3 aromatic heterocycles. The van der Waals surface area contributed by atoms with Crippen molar-refractivity contribution in [3.63, 3.8) is 0 Å². The van der Waals surface area contributed by atoms with E-state index < -0.39 is 10.0 Å². The highest BCUT2D eigenvalue weighted by Gasteiger charge is 2.34. The average molecular weight is 465 g/mol. The molecule has 166 valence electrons. The highest BCUT2D eigenvalue weighted by molar-refractivity contribution is 7.91. The number of thiophene rings is 1. The number of sulfonamides is 1. The monoisotopic (exact) mass is 464 g/mol. The Morgan fingerprint density at radius 2 is 2.06 bits per heavy atom. The van der Waals surface area contributed by atoms with Crippen LogP contribution in [-0.2, 0) is 21.4 Å². The molecule has 0 unspecified atom stereocenters. The van der Waals surface area contributed by atoms with E-state index in [1.165, 1.54) is 21.9 Å². The molecule has 0 aromatic carbocycles. The third kappa shape index (κ3) is 4.73. The Labute approximate surface area is 184 Å². The third-order valence-corrected chi connectivity index (χ3v) is 8.49. The van der Waals surface area contributed by atoms with Gasteiger partial charge in [-0.3, -0.25) is 4.79 Å². The molecule has 1 aliphatic rings. The lowest BCUT2D eigenvalue weighted by Gasteiger charge is -2.33. The van der Waals surface area contributed by atoms with Crippen molar-refractivity contribution in [2.45, 2.75) is 36.9 Å². The number of hydrogen-bond acceptors (Lipinski definition) is 8. The van der Waals surface area contributed by atoms with Crippen molar-refractivity contribution in [3.05, 3.63) is 41.8 Å². The van der Waals surface area contributed by atoms with Gasteiger partial charge in [0.25, 0.3) is 15.9 Å². The van der Waals surface area contributed by atoms with Crippen LogP contribution in [0.5, 0.6) is 0 Å². The van der Waals surface area contributed by atoms with Crippen LogP contribution in [0.4, 0.5) is 0 Å². The fourth-order valence-electron chi connectivity index (χ4n) is 3.66. The van der Waals surface area contributed by atoms with Crippen LogP contribution in [0.1, 0.15) is 32.1 Å². The van der Waals surface area contributed by atoms with Gasteiger partial charge in [-0.25, -0.2) is 8.42 Å². The highest BCUT2D eigenvalue weighted by Crippen LogP contribution is 2.28. The summed E-state index contributed by atoms with van der Waals surface area (Å²) < 4.78 is 38.1. The Kier molecular flexibility index (Phi) is 6.54. The van der Waals surface area contributed by atoms with E-state index >= 15 is 0 Å². The summed E-state index contributed by atoms with van der Waals surface area (Å²) in [5, 5.41) is 9.77. The molecule has 9 nitrogen and oxygen atoms in total. The van der Waals surface area contributed by atoms with Crippen LogP contribution in [0.15, 0.2) is 49.0 Å². The van der Waals surface area contributed by atoms with Crippen molar-refractivity contribution in [1.29, 1.82) is 0 Å². The third-order valence-electron chi connectivity index (χ3n) is 5.22. The Morgan fingerprint density at radius 3 is 2.71 bits per heavy atom. The van der Waals surface area contributed by atoms with Gasteiger partial charge in [0.1, 0.15) is 4.21 Å². The van der Waals surface area contributed by atoms with E-state index in [0.29, 0.717) is 48.3 Å². The molecule has 0 N–H and O–H groups in total. The number of amides is 1. The largest absolute Gasteiger partial charge is 0.459 e. The van der Waals surface area contributed by atoms with Crippen LogP contribution in [-0.4, -0.2) is 53.4 Å². The number of piperidine rings is 1. The number of hydrogen-bond donors (Lipinski definition) is 0. The van der Waals surface area contributed by atoms with E-state index in [1.807, 2.05) is 6.92 Å². The summed E-state index contributed by atoms with van der Waals surface area (Å²) in [5.74, 6) is 0.856. The van der Waals surface area contributed by atoms with Crippen LogP contribution in [0, 0.1) is 5.92 Å². The fraction of sp³-hybridized carbons (Fsp3) is 0.450. The van der Waals surface area contributed by atoms with Crippen molar-refractivity contribution < 1.29 is 22.0 Å². The van der Waals surface area contributed by atoms with E-state index in [4.69, 9.17) is 8.83 Å². The predicted octanol–water partition coefficient (Wildman–Crippen LogP) is 3.23. The minimum atomic E-state index is -3.48. The van der Waals surface area contributed by atoms with E-state index in [-0.39, 0.29) is 24.3 Å². The Bertz CT molecular complexity index is 1080. The lowest BCUT2D eigenvalue weighted by Crippen LogP contribution is -2.44. The Hall–Kier alpha value is -2.50. The van der Waals surface area contributed by atoms with E-state index in [9.17, 15) is 13.2 Å². The molecule has 0 saturated carbocycles. The van der Waals surface area contributed by atoms with Crippen molar-refractivity contribution >= 4 is 27.3 Å². The second-order valence-electron chi connectivity index (χ2n) is 7.35. The molecular formula is C20H24N4O5S2. The molecule has 0 radical (unpaired) electrons. The molecule has 11 heteroatoms. The highest BCUT2D eigenvalue weighted by atomic mass is 32.2. The smallest absolute Gasteiger partial charge is 0.283 e. The van der Waals surface area contributed by atoms with Crippen LogP contribution < -0.4 is 0 Å². The molecule has 0 bridgehead atoms. The maximum Gasteiger partial charge on any atom is 0.283 e. The zero-order valence-corrected chi connectivity index (χ0v) is 18.8. The molecule has 31 heavy (non-hydrogen) atoms. The Morgan fingerprint density at radius 1 is 1.26 bits per heavy atom. The topological polar surface area (TPSA) is 110 Å². The SMILES string of the molecule is CCCN(Cc1nnc(-c2ccco2)o1)C(=O)C1CCN(S(=O)(=O)c2cccs2)CC1. The molecule has 0 atom stereocenters. The van der Waals surface area contributed by atoms with Gasteiger partial charge >= 0.3 is 0 Å². The minimum absolute atomic E-state index is 0.00669. The zero-order valence-electron chi connectivity index (χ0n) is 17.1. The van der Waals surface area contributed by atoms with E-state index in [2.05, 4.69) is 10.2 Å². The summed E-state index contributed by atoms with van der Waals surface area (Å²) in [5.41, 5.74) is 0. The molecule has 3 aromatic rings. The van der Waals surface area contributed by atoms with Gasteiger partial charge in [0.05, 0.1) is 12.8 Å². The molecule has 0 spiro atoms. The Balaban J connectivity index is 1.39. The van der Waals surface area contributed by atoms with Gasteiger partial charge in [-0.05, 0) is 42.8 Å². The zero-order chi connectivity index (χ0) is 21.8. The molecule has 4 heterocycles. The fourth-order valence-corrected chi connectivity index (χ4v) is 6.27. The van der Waals surface area contributed by atoms with Crippen LogP contribution in [0.3, 0.4) is 0 Å². The second-order valence-corrected chi connectivity index (χ2v) is 10.5. The predicted molar refractivity (Wildman–Crippen MR) is 114 cm³/mol. The molecule has 1 amide bonds. The maximum atomic E-state index is 13.2. The number of nitrogens with zero attached hydrogens (tertiary/aromatic N) is 4. The van der Waals surface area contributed by atoms with Gasteiger partial charge in [0, 0.05) is 25.6 Å². The number of carbonyl (C=O) groups excluding carboxylic acids is 1. The normalized spacial score (nSPS) is 15.9. The molecule has 4 rings (SSSR count). The van der Waals surface area contributed by atoms with E-state index in [1.54, 1.807) is 34.5 Å². The summed E-state index contributed by atoms with van der Waals surface area (Å²) >= 11 is 1.21. The van der Waals surface area contributed by atoms with Gasteiger partial charge in [-0.15, -0.1) is 21.5 Å². The van der Waals surface area contributed by atoms with Crippen LogP contribution in [0.2, 0.25) is 0 Å². The quantitative estimate of drug-likeness (QED) is 0.503.